The summed E-state index contributed by atoms with van der Waals surface area (Å²) in [4.78, 5) is 0. The van der Waals surface area contributed by atoms with Gasteiger partial charge in [0, 0.05) is 11.1 Å². The fourth-order valence-electron chi connectivity index (χ4n) is 5.72. The van der Waals surface area contributed by atoms with Gasteiger partial charge < -0.3 is 5.73 Å². The van der Waals surface area contributed by atoms with Crippen LogP contribution in [-0.2, 0) is 6.42 Å². The minimum atomic E-state index is 0.331. The Bertz CT molecular complexity index is 457. The van der Waals surface area contributed by atoms with Crippen LogP contribution in [-0.4, -0.2) is 6.04 Å². The normalized spacial score (nSPS) is 40.0. The highest BCUT2D eigenvalue weighted by Crippen LogP contribution is 2.61. The third-order valence-corrected chi connectivity index (χ3v) is 6.49. The molecule has 5 rings (SSSR count). The number of benzene rings is 1. The predicted octanol–water partition coefficient (Wildman–Crippen LogP) is 4.43. The first-order valence-electron chi connectivity index (χ1n) is 8.13. The van der Waals surface area contributed by atoms with Gasteiger partial charge in [-0.15, -0.1) is 0 Å². The lowest BCUT2D eigenvalue weighted by atomic mass is 9.47. The second kappa shape index (κ2) is 4.74. The van der Waals surface area contributed by atoms with Gasteiger partial charge >= 0.3 is 0 Å². The monoisotopic (exact) mass is 289 g/mol. The highest BCUT2D eigenvalue weighted by Gasteiger charge is 2.53. The number of rotatable bonds is 3. The van der Waals surface area contributed by atoms with Crippen LogP contribution in [0.3, 0.4) is 0 Å². The zero-order valence-corrected chi connectivity index (χ0v) is 12.8. The quantitative estimate of drug-likeness (QED) is 0.875. The average molecular weight is 290 g/mol. The van der Waals surface area contributed by atoms with Crippen molar-refractivity contribution in [1.29, 1.82) is 0 Å². The molecule has 0 heterocycles. The summed E-state index contributed by atoms with van der Waals surface area (Å²) in [5, 5.41) is 0.817. The van der Waals surface area contributed by atoms with E-state index in [1.54, 1.807) is 0 Å². The predicted molar refractivity (Wildman–Crippen MR) is 83.7 cm³/mol. The Morgan fingerprint density at radius 3 is 2.00 bits per heavy atom. The Kier molecular flexibility index (Phi) is 3.12. The maximum atomic E-state index is 6.71. The molecule has 1 aromatic carbocycles. The smallest absolute Gasteiger partial charge is 0.0406 e. The maximum absolute atomic E-state index is 6.71. The minimum absolute atomic E-state index is 0.331. The third kappa shape index (κ3) is 2.19. The van der Waals surface area contributed by atoms with Crippen molar-refractivity contribution in [3.63, 3.8) is 0 Å². The van der Waals surface area contributed by atoms with E-state index in [0.29, 0.717) is 11.5 Å². The van der Waals surface area contributed by atoms with Crippen molar-refractivity contribution in [1.82, 2.24) is 0 Å². The number of hydrogen-bond donors (Lipinski definition) is 1. The van der Waals surface area contributed by atoms with E-state index in [-0.39, 0.29) is 0 Å². The molecule has 0 saturated heterocycles. The van der Waals surface area contributed by atoms with Gasteiger partial charge in [0.1, 0.15) is 0 Å². The molecule has 1 unspecified atom stereocenters. The van der Waals surface area contributed by atoms with Crippen LogP contribution in [0.4, 0.5) is 0 Å². The maximum Gasteiger partial charge on any atom is 0.0406 e. The van der Waals surface area contributed by atoms with E-state index < -0.39 is 0 Å². The summed E-state index contributed by atoms with van der Waals surface area (Å²) < 4.78 is 0. The zero-order chi connectivity index (χ0) is 13.7. The second-order valence-electron chi connectivity index (χ2n) is 7.72. The summed E-state index contributed by atoms with van der Waals surface area (Å²) in [5.41, 5.74) is 8.51. The molecule has 0 aromatic heterocycles. The van der Waals surface area contributed by atoms with Crippen LogP contribution in [0.5, 0.6) is 0 Å². The second-order valence-corrected chi connectivity index (χ2v) is 8.15. The summed E-state index contributed by atoms with van der Waals surface area (Å²) in [6, 6.07) is 8.59. The Balaban J connectivity index is 1.53. The number of halogens is 1. The molecule has 4 fully saturated rings. The molecule has 4 bridgehead atoms. The third-order valence-electron chi connectivity index (χ3n) is 6.24. The molecule has 0 radical (unpaired) electrons. The molecule has 4 aliphatic rings. The van der Waals surface area contributed by atoms with Crippen molar-refractivity contribution in [2.45, 2.75) is 51.0 Å². The zero-order valence-electron chi connectivity index (χ0n) is 12.0. The van der Waals surface area contributed by atoms with Gasteiger partial charge in [-0.25, -0.2) is 0 Å². The minimum Gasteiger partial charge on any atom is -0.327 e. The molecule has 1 nitrogen and oxygen atoms in total. The van der Waals surface area contributed by atoms with Crippen molar-refractivity contribution in [2.24, 2.45) is 28.9 Å². The SMILES string of the molecule is NC(Cc1ccc(Cl)cc1)C12CC3CC(CC(C3)C1)C2. The van der Waals surface area contributed by atoms with Gasteiger partial charge in [-0.2, -0.15) is 0 Å². The van der Waals surface area contributed by atoms with E-state index in [1.165, 1.54) is 44.1 Å². The van der Waals surface area contributed by atoms with E-state index in [4.69, 9.17) is 17.3 Å². The lowest BCUT2D eigenvalue weighted by Crippen LogP contribution is -2.55. The van der Waals surface area contributed by atoms with Gasteiger partial charge in [0.15, 0.2) is 0 Å². The Morgan fingerprint density at radius 2 is 1.50 bits per heavy atom. The molecule has 1 atom stereocenters. The molecule has 108 valence electrons. The van der Waals surface area contributed by atoms with Crippen LogP contribution < -0.4 is 5.73 Å². The van der Waals surface area contributed by atoms with Crippen LogP contribution in [0, 0.1) is 23.2 Å². The fourth-order valence-corrected chi connectivity index (χ4v) is 5.85. The van der Waals surface area contributed by atoms with Crippen molar-refractivity contribution in [3.8, 4) is 0 Å². The molecule has 0 aliphatic heterocycles. The highest BCUT2D eigenvalue weighted by molar-refractivity contribution is 6.30. The summed E-state index contributed by atoms with van der Waals surface area (Å²) in [6.45, 7) is 0. The molecule has 4 saturated carbocycles. The Labute approximate surface area is 126 Å². The van der Waals surface area contributed by atoms with Crippen LogP contribution in [0.25, 0.3) is 0 Å². The lowest BCUT2D eigenvalue weighted by Gasteiger charge is -2.59. The summed E-state index contributed by atoms with van der Waals surface area (Å²) in [6.07, 6.45) is 9.69. The van der Waals surface area contributed by atoms with E-state index in [0.717, 1.165) is 29.2 Å². The van der Waals surface area contributed by atoms with Crippen LogP contribution >= 0.6 is 11.6 Å². The van der Waals surface area contributed by atoms with Crippen molar-refractivity contribution in [2.75, 3.05) is 0 Å². The van der Waals surface area contributed by atoms with Gasteiger partial charge in [-0.1, -0.05) is 23.7 Å². The molecule has 4 aliphatic carbocycles. The summed E-state index contributed by atoms with van der Waals surface area (Å²) in [7, 11) is 0. The highest BCUT2D eigenvalue weighted by atomic mass is 35.5. The molecule has 2 N–H and O–H groups in total. The fraction of sp³-hybridized carbons (Fsp3) is 0.667. The number of nitrogens with two attached hydrogens (primary N) is 1. The molecular formula is C18H24ClN. The first-order chi connectivity index (χ1) is 9.63. The van der Waals surface area contributed by atoms with Gasteiger partial charge in [0.05, 0.1) is 0 Å². The van der Waals surface area contributed by atoms with E-state index >= 15 is 0 Å². The van der Waals surface area contributed by atoms with Gasteiger partial charge in [-0.05, 0) is 85.8 Å². The average Bonchev–Trinajstić information content (AvgIpc) is 2.40. The molecule has 0 spiro atoms. The largest absolute Gasteiger partial charge is 0.327 e. The lowest BCUT2D eigenvalue weighted by molar-refractivity contribution is -0.0667. The van der Waals surface area contributed by atoms with E-state index in [1.807, 2.05) is 12.1 Å². The van der Waals surface area contributed by atoms with Crippen LogP contribution in [0.15, 0.2) is 24.3 Å². The summed E-state index contributed by atoms with van der Waals surface area (Å²) >= 11 is 5.97. The molecule has 0 amide bonds. The first-order valence-corrected chi connectivity index (χ1v) is 8.51. The van der Waals surface area contributed by atoms with Gasteiger partial charge in [-0.3, -0.25) is 0 Å². The van der Waals surface area contributed by atoms with Crippen molar-refractivity contribution < 1.29 is 0 Å². The molecule has 2 heteroatoms. The van der Waals surface area contributed by atoms with Gasteiger partial charge in [0.2, 0.25) is 0 Å². The molecule has 20 heavy (non-hydrogen) atoms. The summed E-state index contributed by atoms with van der Waals surface area (Å²) in [5.74, 6) is 2.95. The Morgan fingerprint density at radius 1 is 1.00 bits per heavy atom. The number of hydrogen-bond acceptors (Lipinski definition) is 1. The molecular weight excluding hydrogens is 266 g/mol. The van der Waals surface area contributed by atoms with Gasteiger partial charge in [0.25, 0.3) is 0 Å². The first kappa shape index (κ1) is 13.2. The Hall–Kier alpha value is -0.530. The standard InChI is InChI=1S/C18H24ClN/c19-16-3-1-12(2-4-16)8-17(20)18-9-13-5-14(10-18)7-15(6-13)11-18/h1-4,13-15,17H,5-11,20H2. The van der Waals surface area contributed by atoms with Crippen molar-refractivity contribution >= 4 is 11.6 Å². The molecule has 1 aromatic rings. The van der Waals surface area contributed by atoms with Crippen LogP contribution in [0.2, 0.25) is 5.02 Å². The van der Waals surface area contributed by atoms with Crippen LogP contribution in [0.1, 0.15) is 44.1 Å². The topological polar surface area (TPSA) is 26.0 Å². The van der Waals surface area contributed by atoms with E-state index in [2.05, 4.69) is 12.1 Å². The van der Waals surface area contributed by atoms with Crippen molar-refractivity contribution in [3.05, 3.63) is 34.9 Å². The van der Waals surface area contributed by atoms with E-state index in [9.17, 15) is 0 Å².